The van der Waals surface area contributed by atoms with Crippen molar-refractivity contribution in [2.24, 2.45) is 0 Å². The average Bonchev–Trinajstić information content (AvgIpc) is 2.93. The van der Waals surface area contributed by atoms with E-state index in [1.165, 1.54) is 16.5 Å². The molecule has 0 atom stereocenters. The molecule has 0 aliphatic heterocycles. The van der Waals surface area contributed by atoms with Crippen LogP contribution in [0.15, 0.2) is 35.3 Å². The first-order chi connectivity index (χ1) is 10.9. The van der Waals surface area contributed by atoms with Crippen molar-refractivity contribution in [1.82, 2.24) is 9.97 Å². The van der Waals surface area contributed by atoms with Gasteiger partial charge in [0.1, 0.15) is 5.82 Å². The molecule has 0 radical (unpaired) electrons. The first-order valence-corrected chi connectivity index (χ1v) is 8.35. The Kier molecular flexibility index (Phi) is 4.02. The summed E-state index contributed by atoms with van der Waals surface area (Å²) in [6.45, 7) is 12.4. The third-order valence-electron chi connectivity index (χ3n) is 4.22. The lowest BCUT2D eigenvalue weighted by Crippen LogP contribution is -2.05. The minimum atomic E-state index is 0.815. The number of aromatic amines is 1. The van der Waals surface area contributed by atoms with Gasteiger partial charge in [0, 0.05) is 15.4 Å². The van der Waals surface area contributed by atoms with E-state index in [1.807, 2.05) is 6.92 Å². The fourth-order valence-corrected chi connectivity index (χ4v) is 3.04. The van der Waals surface area contributed by atoms with Crippen LogP contribution in [0.1, 0.15) is 28.1 Å². The lowest BCUT2D eigenvalue weighted by molar-refractivity contribution is 1.12. The zero-order valence-electron chi connectivity index (χ0n) is 13.8. The molecule has 0 saturated heterocycles. The summed E-state index contributed by atoms with van der Waals surface area (Å²) in [5.74, 6) is 0.850. The number of pyridine rings is 1. The van der Waals surface area contributed by atoms with Crippen LogP contribution in [-0.2, 0) is 0 Å². The Balaban J connectivity index is 1.95. The molecule has 2 heterocycles. The van der Waals surface area contributed by atoms with Crippen LogP contribution in [0.2, 0.25) is 0 Å². The molecule has 3 nitrogen and oxygen atoms in total. The predicted molar refractivity (Wildman–Crippen MR) is 102 cm³/mol. The highest BCUT2D eigenvalue weighted by molar-refractivity contribution is 9.10. The van der Waals surface area contributed by atoms with Gasteiger partial charge in [-0.1, -0.05) is 18.7 Å². The lowest BCUT2D eigenvalue weighted by atomic mass is 10.1. The van der Waals surface area contributed by atoms with Crippen LogP contribution in [0.5, 0.6) is 0 Å². The highest BCUT2D eigenvalue weighted by Crippen LogP contribution is 2.29. The molecular weight excluding hydrogens is 350 g/mol. The summed E-state index contributed by atoms with van der Waals surface area (Å²) >= 11 is 3.59. The van der Waals surface area contributed by atoms with Crippen LogP contribution < -0.4 is 5.32 Å². The number of rotatable bonds is 3. The van der Waals surface area contributed by atoms with Crippen molar-refractivity contribution in [2.75, 3.05) is 5.32 Å². The number of aromatic nitrogens is 2. The standard InChI is InChI=1S/C19H20BrN3/c1-10-6-7-15-9-16(23-17(15)8-10)13(4)21-19-12(3)11(2)18(20)14(5)22-19/h6-9,23H,4H2,1-3,5H3,(H,21,22). The molecule has 0 fully saturated rings. The van der Waals surface area contributed by atoms with Crippen molar-refractivity contribution in [3.8, 4) is 0 Å². The molecule has 0 unspecified atom stereocenters. The molecule has 0 amide bonds. The van der Waals surface area contributed by atoms with Crippen LogP contribution >= 0.6 is 15.9 Å². The number of nitrogens with one attached hydrogen (secondary N) is 2. The van der Waals surface area contributed by atoms with E-state index in [9.17, 15) is 0 Å². The number of fused-ring (bicyclic) bond motifs is 1. The maximum atomic E-state index is 4.63. The largest absolute Gasteiger partial charge is 0.353 e. The number of anilines is 1. The Bertz CT molecular complexity index is 922. The number of hydrogen-bond donors (Lipinski definition) is 2. The Morgan fingerprint density at radius 1 is 1.13 bits per heavy atom. The number of halogens is 1. The highest BCUT2D eigenvalue weighted by atomic mass is 79.9. The van der Waals surface area contributed by atoms with Gasteiger partial charge in [-0.15, -0.1) is 0 Å². The SMILES string of the molecule is C=C(Nc1nc(C)c(Br)c(C)c1C)c1cc2ccc(C)cc2[nH]1. The number of aryl methyl sites for hydroxylation is 2. The van der Waals surface area contributed by atoms with E-state index in [0.717, 1.165) is 38.5 Å². The molecule has 1 aromatic carbocycles. The van der Waals surface area contributed by atoms with E-state index in [4.69, 9.17) is 0 Å². The van der Waals surface area contributed by atoms with Gasteiger partial charge in [-0.25, -0.2) is 4.98 Å². The summed E-state index contributed by atoms with van der Waals surface area (Å²) in [4.78, 5) is 8.05. The smallest absolute Gasteiger partial charge is 0.133 e. The second-order valence-electron chi connectivity index (χ2n) is 5.99. The molecule has 118 valence electrons. The third kappa shape index (κ3) is 2.91. The van der Waals surface area contributed by atoms with Crippen molar-refractivity contribution < 1.29 is 0 Å². The van der Waals surface area contributed by atoms with Gasteiger partial charge >= 0.3 is 0 Å². The van der Waals surface area contributed by atoms with Crippen LogP contribution in [0.4, 0.5) is 5.82 Å². The number of nitrogens with zero attached hydrogens (tertiary/aromatic N) is 1. The molecular formula is C19H20BrN3. The molecule has 2 aromatic heterocycles. The van der Waals surface area contributed by atoms with Crippen molar-refractivity contribution >= 4 is 38.3 Å². The Morgan fingerprint density at radius 3 is 2.61 bits per heavy atom. The second-order valence-corrected chi connectivity index (χ2v) is 6.78. The highest BCUT2D eigenvalue weighted by Gasteiger charge is 2.12. The first kappa shape index (κ1) is 15.8. The van der Waals surface area contributed by atoms with Crippen LogP contribution in [0, 0.1) is 27.7 Å². The molecule has 0 spiro atoms. The first-order valence-electron chi connectivity index (χ1n) is 7.56. The maximum Gasteiger partial charge on any atom is 0.133 e. The van der Waals surface area contributed by atoms with Gasteiger partial charge in [0.2, 0.25) is 0 Å². The van der Waals surface area contributed by atoms with Gasteiger partial charge in [0.25, 0.3) is 0 Å². The summed E-state index contributed by atoms with van der Waals surface area (Å²) in [5.41, 5.74) is 7.43. The van der Waals surface area contributed by atoms with E-state index >= 15 is 0 Å². The van der Waals surface area contributed by atoms with Gasteiger partial charge in [-0.05, 0) is 72.4 Å². The van der Waals surface area contributed by atoms with Crippen LogP contribution in [0.3, 0.4) is 0 Å². The van der Waals surface area contributed by atoms with Gasteiger partial charge in [0.05, 0.1) is 17.1 Å². The lowest BCUT2D eigenvalue weighted by Gasteiger charge is -2.14. The topological polar surface area (TPSA) is 40.7 Å². The fraction of sp³-hybridized carbons (Fsp3) is 0.211. The van der Waals surface area contributed by atoms with E-state index < -0.39 is 0 Å². The summed E-state index contributed by atoms with van der Waals surface area (Å²) in [6, 6.07) is 8.49. The summed E-state index contributed by atoms with van der Waals surface area (Å²) < 4.78 is 1.06. The van der Waals surface area contributed by atoms with Crippen molar-refractivity contribution in [3.63, 3.8) is 0 Å². The van der Waals surface area contributed by atoms with E-state index in [0.29, 0.717) is 0 Å². The van der Waals surface area contributed by atoms with Crippen LogP contribution in [0.25, 0.3) is 16.6 Å². The Labute approximate surface area is 145 Å². The monoisotopic (exact) mass is 369 g/mol. The van der Waals surface area contributed by atoms with Crippen LogP contribution in [-0.4, -0.2) is 9.97 Å². The Hall–Kier alpha value is -2.07. The normalized spacial score (nSPS) is 11.0. The van der Waals surface area contributed by atoms with Gasteiger partial charge in [0.15, 0.2) is 0 Å². The molecule has 4 heteroatoms. The molecule has 3 rings (SSSR count). The van der Waals surface area contributed by atoms with Gasteiger partial charge < -0.3 is 10.3 Å². The molecule has 2 N–H and O–H groups in total. The minimum Gasteiger partial charge on any atom is -0.353 e. The minimum absolute atomic E-state index is 0.815. The summed E-state index contributed by atoms with van der Waals surface area (Å²) in [6.07, 6.45) is 0. The maximum absolute atomic E-state index is 4.63. The average molecular weight is 370 g/mol. The summed E-state index contributed by atoms with van der Waals surface area (Å²) in [5, 5.41) is 4.54. The summed E-state index contributed by atoms with van der Waals surface area (Å²) in [7, 11) is 0. The molecule has 0 saturated carbocycles. The van der Waals surface area contributed by atoms with Gasteiger partial charge in [-0.3, -0.25) is 0 Å². The van der Waals surface area contributed by atoms with E-state index in [1.54, 1.807) is 0 Å². The van der Waals surface area contributed by atoms with Crippen molar-refractivity contribution in [2.45, 2.75) is 27.7 Å². The number of benzene rings is 1. The molecule has 0 aliphatic rings. The number of H-pyrrole nitrogens is 1. The molecule has 0 bridgehead atoms. The van der Waals surface area contributed by atoms with Gasteiger partial charge in [-0.2, -0.15) is 0 Å². The molecule has 3 aromatic rings. The Morgan fingerprint density at radius 2 is 1.87 bits per heavy atom. The zero-order valence-corrected chi connectivity index (χ0v) is 15.4. The predicted octanol–water partition coefficient (Wildman–Crippen LogP) is 5.64. The third-order valence-corrected chi connectivity index (χ3v) is 5.39. The molecule has 0 aliphatic carbocycles. The second kappa shape index (κ2) is 5.85. The fourth-order valence-electron chi connectivity index (χ4n) is 2.65. The quantitative estimate of drug-likeness (QED) is 0.626. The van der Waals surface area contributed by atoms with Crippen molar-refractivity contribution in [3.05, 3.63) is 63.4 Å². The van der Waals surface area contributed by atoms with E-state index in [-0.39, 0.29) is 0 Å². The zero-order chi connectivity index (χ0) is 16.7. The number of hydrogen-bond acceptors (Lipinski definition) is 2. The van der Waals surface area contributed by atoms with E-state index in [2.05, 4.69) is 82.8 Å². The van der Waals surface area contributed by atoms with Crippen molar-refractivity contribution in [1.29, 1.82) is 0 Å². The molecule has 23 heavy (non-hydrogen) atoms.